The predicted molar refractivity (Wildman–Crippen MR) is 184 cm³/mol. The Morgan fingerprint density at radius 3 is 2.29 bits per heavy atom. The molecule has 2 aromatic heterocycles. The van der Waals surface area contributed by atoms with Gasteiger partial charge >= 0.3 is 0 Å². The molecule has 3 aromatic rings. The largest absolute Gasteiger partial charge is 0.339 e. The Labute approximate surface area is 290 Å². The summed E-state index contributed by atoms with van der Waals surface area (Å²) in [6, 6.07) is 4.11. The highest BCUT2D eigenvalue weighted by atomic mass is 32.1. The molecule has 3 N–H and O–H groups in total. The van der Waals surface area contributed by atoms with Gasteiger partial charge in [-0.2, -0.15) is 5.10 Å². The number of hydrogen-bond donors (Lipinski definition) is 3. The monoisotopic (exact) mass is 695 g/mol. The number of piperazine rings is 1. The van der Waals surface area contributed by atoms with E-state index in [-0.39, 0.29) is 28.4 Å². The van der Waals surface area contributed by atoms with Crippen molar-refractivity contribution in [1.82, 2.24) is 39.8 Å². The maximum absolute atomic E-state index is 15.8. The summed E-state index contributed by atoms with van der Waals surface area (Å²) in [5.41, 5.74) is 0.786. The lowest BCUT2D eigenvalue weighted by atomic mass is 9.90. The summed E-state index contributed by atoms with van der Waals surface area (Å²) in [7, 11) is 1.98. The number of rotatable bonds is 11. The lowest BCUT2D eigenvalue weighted by molar-refractivity contribution is -0.135. The van der Waals surface area contributed by atoms with E-state index < -0.39 is 41.5 Å². The predicted octanol–water partition coefficient (Wildman–Crippen LogP) is 3.84. The molecule has 13 nitrogen and oxygen atoms in total. The third-order valence-electron chi connectivity index (χ3n) is 9.56. The smallest absolute Gasteiger partial charge is 0.270 e. The van der Waals surface area contributed by atoms with Gasteiger partial charge in [0, 0.05) is 44.3 Å². The molecule has 5 rings (SSSR count). The molecule has 1 aliphatic heterocycles. The van der Waals surface area contributed by atoms with Crippen LogP contribution < -0.4 is 16.0 Å². The molecule has 0 spiro atoms. The second kappa shape index (κ2) is 16.4. The summed E-state index contributed by atoms with van der Waals surface area (Å²) in [6.45, 7) is 8.02. The first kappa shape index (κ1) is 36.1. The minimum absolute atomic E-state index is 0.0391. The van der Waals surface area contributed by atoms with Crippen LogP contribution in [-0.4, -0.2) is 98.1 Å². The number of anilines is 1. The summed E-state index contributed by atoms with van der Waals surface area (Å²) >= 11 is 0.921. The zero-order valence-corrected chi connectivity index (χ0v) is 29.3. The summed E-state index contributed by atoms with van der Waals surface area (Å²) in [5, 5.41) is 16.5. The fourth-order valence-corrected chi connectivity index (χ4v) is 7.00. The minimum atomic E-state index is -0.980. The maximum atomic E-state index is 15.8. The van der Waals surface area contributed by atoms with Crippen LogP contribution in [0.15, 0.2) is 36.7 Å². The SMILES string of the molecule is CC(c1ccc(NC(=O)C(NC(=O)c2ccnn2C(C)C)C2CCCCCC2)c(F)c1)C(NC(=O)c1cnns1)C(=O)N1CCN(C)CC1. The Morgan fingerprint density at radius 2 is 1.65 bits per heavy atom. The molecule has 0 bridgehead atoms. The highest BCUT2D eigenvalue weighted by Crippen LogP contribution is 2.29. The molecule has 15 heteroatoms. The zero-order chi connectivity index (χ0) is 35.1. The van der Waals surface area contributed by atoms with Gasteiger partial charge in [0.05, 0.1) is 11.9 Å². The molecule has 0 radical (unpaired) electrons. The van der Waals surface area contributed by atoms with Crippen molar-refractivity contribution in [2.75, 3.05) is 38.5 Å². The van der Waals surface area contributed by atoms with Gasteiger partial charge in [-0.05, 0) is 74.9 Å². The van der Waals surface area contributed by atoms with E-state index in [0.29, 0.717) is 37.4 Å². The van der Waals surface area contributed by atoms with E-state index in [1.165, 1.54) is 18.3 Å². The lowest BCUT2D eigenvalue weighted by Crippen LogP contribution is -2.55. The van der Waals surface area contributed by atoms with Crippen LogP contribution in [0.2, 0.25) is 0 Å². The van der Waals surface area contributed by atoms with Gasteiger partial charge in [-0.1, -0.05) is 43.2 Å². The molecule has 3 heterocycles. The third kappa shape index (κ3) is 8.87. The average molecular weight is 696 g/mol. The molecular formula is C34H46FN9O4S. The van der Waals surface area contributed by atoms with Crippen molar-refractivity contribution in [2.45, 2.75) is 83.3 Å². The Hall–Kier alpha value is -4.24. The lowest BCUT2D eigenvalue weighted by Gasteiger charge is -2.36. The molecule has 3 unspecified atom stereocenters. The summed E-state index contributed by atoms with van der Waals surface area (Å²) < 4.78 is 21.2. The Kier molecular flexibility index (Phi) is 12.1. The van der Waals surface area contributed by atoms with E-state index in [4.69, 9.17) is 0 Å². The van der Waals surface area contributed by atoms with E-state index in [2.05, 4.69) is 35.5 Å². The van der Waals surface area contributed by atoms with Crippen LogP contribution in [0.4, 0.5) is 10.1 Å². The number of likely N-dealkylation sites (N-methyl/N-ethyl adjacent to an activating group) is 1. The average Bonchev–Trinajstić information content (AvgIpc) is 3.75. The highest BCUT2D eigenvalue weighted by molar-refractivity contribution is 7.07. The molecule has 2 aliphatic rings. The topological polar surface area (TPSA) is 154 Å². The standard InChI is InChI=1S/C34H46FN9O4S/c1-21(2)44-27(13-14-37-44)31(45)40-30(23-9-7-5-6-8-10-23)33(47)38-26-12-11-24(19-25(26)35)22(3)29(39-32(46)28-20-36-41-49-28)34(48)43-17-15-42(4)16-18-43/h11-14,19-23,29-30H,5-10,15-18H2,1-4H3,(H,38,47)(H,39,46)(H,40,45). The second-order valence-electron chi connectivity index (χ2n) is 13.3. The fraction of sp³-hybridized carbons (Fsp3) is 0.559. The Morgan fingerprint density at radius 1 is 0.939 bits per heavy atom. The van der Waals surface area contributed by atoms with Gasteiger partial charge in [0.25, 0.3) is 11.8 Å². The third-order valence-corrected chi connectivity index (χ3v) is 10.2. The minimum Gasteiger partial charge on any atom is -0.339 e. The summed E-state index contributed by atoms with van der Waals surface area (Å²) in [6.07, 6.45) is 8.44. The Bertz CT molecular complexity index is 1600. The quantitative estimate of drug-likeness (QED) is 0.256. The normalized spacial score (nSPS) is 18.0. The van der Waals surface area contributed by atoms with E-state index in [1.54, 1.807) is 34.8 Å². The maximum Gasteiger partial charge on any atom is 0.270 e. The van der Waals surface area contributed by atoms with Crippen molar-refractivity contribution in [3.63, 3.8) is 0 Å². The molecular weight excluding hydrogens is 649 g/mol. The van der Waals surface area contributed by atoms with Crippen LogP contribution in [0.1, 0.15) is 97.0 Å². The van der Waals surface area contributed by atoms with Crippen LogP contribution in [0.5, 0.6) is 0 Å². The summed E-state index contributed by atoms with van der Waals surface area (Å²) in [5.74, 6) is -3.06. The molecule has 3 atom stereocenters. The van der Waals surface area contributed by atoms with Crippen molar-refractivity contribution in [1.29, 1.82) is 0 Å². The zero-order valence-electron chi connectivity index (χ0n) is 28.5. The van der Waals surface area contributed by atoms with Crippen molar-refractivity contribution in [3.05, 3.63) is 58.6 Å². The van der Waals surface area contributed by atoms with E-state index in [1.807, 2.05) is 20.9 Å². The first-order chi connectivity index (χ1) is 23.5. The summed E-state index contributed by atoms with van der Waals surface area (Å²) in [4.78, 5) is 58.2. The fourth-order valence-electron chi connectivity index (χ4n) is 6.59. The molecule has 4 amide bonds. The Balaban J connectivity index is 1.35. The molecule has 49 heavy (non-hydrogen) atoms. The van der Waals surface area contributed by atoms with Crippen LogP contribution >= 0.6 is 11.5 Å². The number of amides is 4. The van der Waals surface area contributed by atoms with Crippen LogP contribution in [-0.2, 0) is 9.59 Å². The molecule has 1 aliphatic carbocycles. The first-order valence-corrected chi connectivity index (χ1v) is 17.8. The van der Waals surface area contributed by atoms with Gasteiger partial charge < -0.3 is 25.8 Å². The number of nitrogens with one attached hydrogen (secondary N) is 3. The van der Waals surface area contributed by atoms with Crippen LogP contribution in [0.3, 0.4) is 0 Å². The number of halogens is 1. The van der Waals surface area contributed by atoms with Gasteiger partial charge in [-0.15, -0.1) is 5.10 Å². The van der Waals surface area contributed by atoms with E-state index in [9.17, 15) is 19.2 Å². The van der Waals surface area contributed by atoms with Gasteiger partial charge in [0.2, 0.25) is 11.8 Å². The van der Waals surface area contributed by atoms with Crippen LogP contribution in [0.25, 0.3) is 0 Å². The number of nitrogens with zero attached hydrogens (tertiary/aromatic N) is 6. The van der Waals surface area contributed by atoms with Gasteiger partial charge in [0.1, 0.15) is 28.5 Å². The number of benzene rings is 1. The van der Waals surface area contributed by atoms with Crippen molar-refractivity contribution >= 4 is 40.8 Å². The van der Waals surface area contributed by atoms with Crippen molar-refractivity contribution in [3.8, 4) is 0 Å². The van der Waals surface area contributed by atoms with Gasteiger partial charge in [-0.25, -0.2) is 4.39 Å². The number of hydrogen-bond acceptors (Lipinski definition) is 9. The number of carbonyl (C=O) groups is 4. The van der Waals surface area contributed by atoms with Crippen molar-refractivity contribution in [2.24, 2.45) is 5.92 Å². The van der Waals surface area contributed by atoms with Gasteiger partial charge in [0.15, 0.2) is 0 Å². The van der Waals surface area contributed by atoms with Gasteiger partial charge in [-0.3, -0.25) is 23.9 Å². The molecule has 264 valence electrons. The highest BCUT2D eigenvalue weighted by Gasteiger charge is 2.35. The van der Waals surface area contributed by atoms with E-state index >= 15 is 4.39 Å². The second-order valence-corrected chi connectivity index (χ2v) is 14.1. The van der Waals surface area contributed by atoms with Crippen molar-refractivity contribution < 1.29 is 23.6 Å². The molecule has 1 saturated heterocycles. The number of carbonyl (C=O) groups excluding carboxylic acids is 4. The number of aromatic nitrogens is 4. The van der Waals surface area contributed by atoms with E-state index in [0.717, 1.165) is 50.1 Å². The van der Waals surface area contributed by atoms with Crippen LogP contribution in [0, 0.1) is 11.7 Å². The molecule has 1 saturated carbocycles. The first-order valence-electron chi connectivity index (χ1n) is 17.0. The molecule has 2 fully saturated rings. The molecule has 1 aromatic carbocycles.